The molecule has 15 heavy (non-hydrogen) atoms. The maximum absolute atomic E-state index is 5.84. The van der Waals surface area contributed by atoms with Crippen LogP contribution in [0.5, 0.6) is 5.88 Å². The van der Waals surface area contributed by atoms with Gasteiger partial charge in [-0.15, -0.1) is 0 Å². The molecular weight excluding hydrogens is 194 g/mol. The number of nitrogen functional groups attached to an aromatic ring is 1. The molecule has 5 heteroatoms. The van der Waals surface area contributed by atoms with Crippen molar-refractivity contribution in [2.45, 2.75) is 12.8 Å². The minimum atomic E-state index is 0.549. The molecule has 0 saturated carbocycles. The van der Waals surface area contributed by atoms with Crippen LogP contribution in [0, 0.1) is 0 Å². The lowest BCUT2D eigenvalue weighted by atomic mass is 10.3. The molecule has 5 nitrogen and oxygen atoms in total. The van der Waals surface area contributed by atoms with Gasteiger partial charge < -0.3 is 10.5 Å². The largest absolute Gasteiger partial charge is 0.481 e. The zero-order valence-corrected chi connectivity index (χ0v) is 8.77. The minimum absolute atomic E-state index is 0.549. The SMILES string of the molecule is COc1ccc(N)c(N2CCCCO2)n1. The van der Waals surface area contributed by atoms with E-state index in [1.54, 1.807) is 24.3 Å². The molecular formula is C10H15N3O2. The van der Waals surface area contributed by atoms with Crippen LogP contribution in [-0.2, 0) is 4.84 Å². The van der Waals surface area contributed by atoms with Crippen LogP contribution in [0.2, 0.25) is 0 Å². The molecule has 0 bridgehead atoms. The molecule has 1 aliphatic heterocycles. The van der Waals surface area contributed by atoms with Gasteiger partial charge in [0.2, 0.25) is 5.88 Å². The van der Waals surface area contributed by atoms with Gasteiger partial charge in [-0.25, -0.2) is 5.06 Å². The summed E-state index contributed by atoms with van der Waals surface area (Å²) in [6, 6.07) is 3.52. The molecule has 0 spiro atoms. The first-order valence-electron chi connectivity index (χ1n) is 5.02. The monoisotopic (exact) mass is 209 g/mol. The Labute approximate surface area is 88.8 Å². The molecule has 2 heterocycles. The number of hydrogen-bond donors (Lipinski definition) is 1. The Bertz CT molecular complexity index is 337. The molecule has 1 aromatic rings. The van der Waals surface area contributed by atoms with Crippen LogP contribution in [0.15, 0.2) is 12.1 Å². The number of hydroxylamine groups is 1. The van der Waals surface area contributed by atoms with Crippen LogP contribution in [0.25, 0.3) is 0 Å². The fourth-order valence-corrected chi connectivity index (χ4v) is 1.52. The van der Waals surface area contributed by atoms with Gasteiger partial charge in [0.05, 0.1) is 19.4 Å². The Kier molecular flexibility index (Phi) is 2.91. The standard InChI is InChI=1S/C10H15N3O2/c1-14-9-5-4-8(11)10(12-9)13-6-2-3-7-15-13/h4-5H,2-3,6-7,11H2,1H3. The van der Waals surface area contributed by atoms with Crippen molar-refractivity contribution in [3.05, 3.63) is 12.1 Å². The van der Waals surface area contributed by atoms with E-state index >= 15 is 0 Å². The van der Waals surface area contributed by atoms with Gasteiger partial charge in [-0.05, 0) is 18.9 Å². The van der Waals surface area contributed by atoms with Crippen molar-refractivity contribution in [1.29, 1.82) is 0 Å². The highest BCUT2D eigenvalue weighted by atomic mass is 16.7. The molecule has 82 valence electrons. The molecule has 2 rings (SSSR count). The summed E-state index contributed by atoms with van der Waals surface area (Å²) in [7, 11) is 1.58. The van der Waals surface area contributed by atoms with Gasteiger partial charge in [0, 0.05) is 12.6 Å². The fourth-order valence-electron chi connectivity index (χ4n) is 1.52. The van der Waals surface area contributed by atoms with Crippen molar-refractivity contribution in [1.82, 2.24) is 4.98 Å². The van der Waals surface area contributed by atoms with Gasteiger partial charge in [0.1, 0.15) is 0 Å². The molecule has 0 unspecified atom stereocenters. The van der Waals surface area contributed by atoms with Crippen molar-refractivity contribution < 1.29 is 9.57 Å². The third-order valence-electron chi connectivity index (χ3n) is 2.33. The van der Waals surface area contributed by atoms with Crippen LogP contribution in [-0.4, -0.2) is 25.2 Å². The number of methoxy groups -OCH3 is 1. The molecule has 0 atom stereocenters. The summed E-state index contributed by atoms with van der Waals surface area (Å²) in [6.07, 6.45) is 2.18. The van der Waals surface area contributed by atoms with Gasteiger partial charge in [-0.2, -0.15) is 4.98 Å². The fraction of sp³-hybridized carbons (Fsp3) is 0.500. The summed E-state index contributed by atoms with van der Waals surface area (Å²) >= 11 is 0. The first-order valence-corrected chi connectivity index (χ1v) is 5.02. The van der Waals surface area contributed by atoms with Gasteiger partial charge in [-0.3, -0.25) is 4.84 Å². The van der Waals surface area contributed by atoms with E-state index in [9.17, 15) is 0 Å². The lowest BCUT2D eigenvalue weighted by Gasteiger charge is -2.27. The minimum Gasteiger partial charge on any atom is -0.481 e. The molecule has 1 fully saturated rings. The zero-order chi connectivity index (χ0) is 10.7. The number of nitrogens with zero attached hydrogens (tertiary/aromatic N) is 2. The van der Waals surface area contributed by atoms with Crippen LogP contribution in [0.1, 0.15) is 12.8 Å². The zero-order valence-electron chi connectivity index (χ0n) is 8.77. The molecule has 2 N–H and O–H groups in total. The quantitative estimate of drug-likeness (QED) is 0.793. The Morgan fingerprint density at radius 1 is 1.47 bits per heavy atom. The highest BCUT2D eigenvalue weighted by Gasteiger charge is 2.16. The van der Waals surface area contributed by atoms with Crippen LogP contribution >= 0.6 is 0 Å². The number of nitrogens with two attached hydrogens (primary N) is 1. The Balaban J connectivity index is 2.24. The second-order valence-electron chi connectivity index (χ2n) is 3.41. The van der Waals surface area contributed by atoms with E-state index in [0.717, 1.165) is 26.0 Å². The molecule has 1 saturated heterocycles. The van der Waals surface area contributed by atoms with Crippen molar-refractivity contribution in [3.8, 4) is 5.88 Å². The molecule has 1 aliphatic rings. The second kappa shape index (κ2) is 4.35. The number of hydrogen-bond acceptors (Lipinski definition) is 5. The number of rotatable bonds is 2. The summed E-state index contributed by atoms with van der Waals surface area (Å²) in [4.78, 5) is 9.75. The highest BCUT2D eigenvalue weighted by molar-refractivity contribution is 5.62. The van der Waals surface area contributed by atoms with E-state index in [1.807, 2.05) is 0 Å². The van der Waals surface area contributed by atoms with Crippen molar-refractivity contribution >= 4 is 11.5 Å². The summed E-state index contributed by atoms with van der Waals surface area (Å²) < 4.78 is 5.05. The summed E-state index contributed by atoms with van der Waals surface area (Å²) in [5.74, 6) is 1.20. The van der Waals surface area contributed by atoms with Crippen molar-refractivity contribution in [2.75, 3.05) is 31.1 Å². The molecule has 0 amide bonds. The summed E-state index contributed by atoms with van der Waals surface area (Å²) in [5.41, 5.74) is 6.44. The molecule has 0 aliphatic carbocycles. The van der Waals surface area contributed by atoms with E-state index in [-0.39, 0.29) is 0 Å². The Morgan fingerprint density at radius 2 is 2.33 bits per heavy atom. The van der Waals surface area contributed by atoms with Crippen LogP contribution < -0.4 is 15.5 Å². The predicted molar refractivity (Wildman–Crippen MR) is 57.7 cm³/mol. The first kappa shape index (κ1) is 10.0. The van der Waals surface area contributed by atoms with Crippen molar-refractivity contribution in [2.24, 2.45) is 0 Å². The second-order valence-corrected chi connectivity index (χ2v) is 3.41. The maximum Gasteiger partial charge on any atom is 0.215 e. The lowest BCUT2D eigenvalue weighted by molar-refractivity contribution is 0.0762. The van der Waals surface area contributed by atoms with Gasteiger partial charge in [0.15, 0.2) is 5.82 Å². The Hall–Kier alpha value is -1.49. The van der Waals surface area contributed by atoms with Crippen molar-refractivity contribution in [3.63, 3.8) is 0 Å². The smallest absolute Gasteiger partial charge is 0.215 e. The third-order valence-corrected chi connectivity index (χ3v) is 2.33. The lowest BCUT2D eigenvalue weighted by Crippen LogP contribution is -2.31. The maximum atomic E-state index is 5.84. The summed E-state index contributed by atoms with van der Waals surface area (Å²) in [5, 5.41) is 1.74. The normalized spacial score (nSPS) is 16.5. The predicted octanol–water partition coefficient (Wildman–Crippen LogP) is 1.20. The number of ether oxygens (including phenoxy) is 1. The van der Waals surface area contributed by atoms with Crippen LogP contribution in [0.4, 0.5) is 11.5 Å². The van der Waals surface area contributed by atoms with E-state index in [0.29, 0.717) is 17.4 Å². The highest BCUT2D eigenvalue weighted by Crippen LogP contribution is 2.25. The topological polar surface area (TPSA) is 60.6 Å². The molecule has 1 aromatic heterocycles. The number of aromatic nitrogens is 1. The molecule has 0 aromatic carbocycles. The van der Waals surface area contributed by atoms with E-state index in [4.69, 9.17) is 15.3 Å². The van der Waals surface area contributed by atoms with E-state index in [1.165, 1.54) is 0 Å². The van der Waals surface area contributed by atoms with E-state index < -0.39 is 0 Å². The van der Waals surface area contributed by atoms with Gasteiger partial charge >= 0.3 is 0 Å². The van der Waals surface area contributed by atoms with Gasteiger partial charge in [-0.1, -0.05) is 0 Å². The van der Waals surface area contributed by atoms with Crippen LogP contribution in [0.3, 0.4) is 0 Å². The Morgan fingerprint density at radius 3 is 3.00 bits per heavy atom. The number of pyridine rings is 1. The number of anilines is 2. The van der Waals surface area contributed by atoms with Gasteiger partial charge in [0.25, 0.3) is 0 Å². The average Bonchev–Trinajstić information content (AvgIpc) is 2.31. The molecule has 0 radical (unpaired) electrons. The first-order chi connectivity index (χ1) is 7.31. The van der Waals surface area contributed by atoms with E-state index in [2.05, 4.69) is 4.98 Å². The summed E-state index contributed by atoms with van der Waals surface area (Å²) in [6.45, 7) is 1.54. The average molecular weight is 209 g/mol. The third kappa shape index (κ3) is 2.12.